The minimum atomic E-state index is -0.336. The second-order valence-electron chi connectivity index (χ2n) is 7.62. The molecular formula is C24H24N2O4S. The lowest BCUT2D eigenvalue weighted by atomic mass is 9.97. The fourth-order valence-corrected chi connectivity index (χ4v) is 4.46. The van der Waals surface area contributed by atoms with Crippen LogP contribution >= 0.6 is 11.3 Å². The quantitative estimate of drug-likeness (QED) is 0.541. The van der Waals surface area contributed by atoms with Gasteiger partial charge >= 0.3 is 5.97 Å². The first-order valence-corrected chi connectivity index (χ1v) is 11.0. The number of fused-ring (bicyclic) bond motifs is 1. The van der Waals surface area contributed by atoms with Crippen molar-refractivity contribution in [1.82, 2.24) is 4.98 Å². The largest absolute Gasteiger partial charge is 0.492 e. The zero-order valence-corrected chi connectivity index (χ0v) is 18.6. The molecule has 0 saturated heterocycles. The summed E-state index contributed by atoms with van der Waals surface area (Å²) < 4.78 is 11.2. The van der Waals surface area contributed by atoms with Gasteiger partial charge in [0.05, 0.1) is 17.3 Å². The first-order chi connectivity index (χ1) is 14.9. The molecule has 160 valence electrons. The lowest BCUT2D eigenvalue weighted by Crippen LogP contribution is -2.29. The van der Waals surface area contributed by atoms with Crippen molar-refractivity contribution in [3.63, 3.8) is 0 Å². The molecule has 2 aromatic carbocycles. The predicted octanol–water partition coefficient (Wildman–Crippen LogP) is 4.74. The van der Waals surface area contributed by atoms with Gasteiger partial charge in [-0.2, -0.15) is 0 Å². The van der Waals surface area contributed by atoms with E-state index in [2.05, 4.69) is 4.98 Å². The van der Waals surface area contributed by atoms with E-state index in [-0.39, 0.29) is 24.4 Å². The van der Waals surface area contributed by atoms with Gasteiger partial charge in [0.2, 0.25) is 5.91 Å². The SMILES string of the molecule is CC(=O)N(c1nc(COC(=O)C2COc3ccccc3C2)cs1)c1cccc(C)c1C. The average molecular weight is 437 g/mol. The summed E-state index contributed by atoms with van der Waals surface area (Å²) in [5.74, 6) is 0.0646. The summed E-state index contributed by atoms with van der Waals surface area (Å²) >= 11 is 1.35. The van der Waals surface area contributed by atoms with E-state index in [1.54, 1.807) is 4.90 Å². The highest BCUT2D eigenvalue weighted by Gasteiger charge is 2.27. The molecule has 6 nitrogen and oxygen atoms in total. The molecule has 2 heterocycles. The van der Waals surface area contributed by atoms with E-state index >= 15 is 0 Å². The van der Waals surface area contributed by atoms with E-state index in [1.165, 1.54) is 18.3 Å². The molecule has 1 aliphatic rings. The number of carbonyl (C=O) groups excluding carboxylic acids is 2. The number of rotatable bonds is 5. The van der Waals surface area contributed by atoms with E-state index < -0.39 is 0 Å². The molecule has 1 atom stereocenters. The highest BCUT2D eigenvalue weighted by Crippen LogP contribution is 2.33. The van der Waals surface area contributed by atoms with Gasteiger partial charge in [-0.3, -0.25) is 14.5 Å². The Morgan fingerprint density at radius 2 is 2.00 bits per heavy atom. The Bertz CT molecular complexity index is 1120. The molecule has 1 amide bonds. The number of hydrogen-bond donors (Lipinski definition) is 0. The Hall–Kier alpha value is -3.19. The summed E-state index contributed by atoms with van der Waals surface area (Å²) in [5.41, 5.74) is 4.56. The van der Waals surface area contributed by atoms with Crippen molar-refractivity contribution in [2.24, 2.45) is 5.92 Å². The van der Waals surface area contributed by atoms with Crippen LogP contribution in [0.25, 0.3) is 0 Å². The van der Waals surface area contributed by atoms with Crippen molar-refractivity contribution in [2.75, 3.05) is 11.5 Å². The fourth-order valence-electron chi connectivity index (χ4n) is 3.59. The van der Waals surface area contributed by atoms with Crippen molar-refractivity contribution < 1.29 is 19.1 Å². The Morgan fingerprint density at radius 1 is 1.19 bits per heavy atom. The van der Waals surface area contributed by atoms with Crippen LogP contribution in [0.3, 0.4) is 0 Å². The van der Waals surface area contributed by atoms with Crippen molar-refractivity contribution in [3.8, 4) is 5.75 Å². The Labute approximate surface area is 185 Å². The number of ether oxygens (including phenoxy) is 2. The van der Waals surface area contributed by atoms with Crippen molar-refractivity contribution in [1.29, 1.82) is 0 Å². The smallest absolute Gasteiger partial charge is 0.313 e. The maximum atomic E-state index is 12.5. The number of amides is 1. The van der Waals surface area contributed by atoms with Gasteiger partial charge in [-0.25, -0.2) is 4.98 Å². The molecular weight excluding hydrogens is 412 g/mol. The molecule has 0 aliphatic carbocycles. The second-order valence-corrected chi connectivity index (χ2v) is 8.46. The number of para-hydroxylation sites is 1. The number of hydrogen-bond acceptors (Lipinski definition) is 6. The number of aryl methyl sites for hydroxylation is 1. The summed E-state index contributed by atoms with van der Waals surface area (Å²) in [4.78, 5) is 31.1. The molecule has 1 unspecified atom stereocenters. The third-order valence-electron chi connectivity index (χ3n) is 5.44. The highest BCUT2D eigenvalue weighted by atomic mass is 32.1. The average Bonchev–Trinajstić information content (AvgIpc) is 3.23. The minimum Gasteiger partial charge on any atom is -0.492 e. The standard InChI is InChI=1S/C24H24N2O4S/c1-15-7-6-9-21(16(15)2)26(17(3)27)24-25-20(14-31-24)13-30-23(28)19-11-18-8-4-5-10-22(18)29-12-19/h4-10,14,19H,11-13H2,1-3H3. The Balaban J connectivity index is 1.43. The van der Waals surface area contributed by atoms with Gasteiger partial charge in [0.25, 0.3) is 0 Å². The first kappa shape index (κ1) is 21.1. The molecule has 1 aromatic heterocycles. The molecule has 0 fully saturated rings. The molecule has 0 N–H and O–H groups in total. The fraction of sp³-hybridized carbons (Fsp3) is 0.292. The maximum absolute atomic E-state index is 12.5. The molecule has 0 bridgehead atoms. The molecule has 0 saturated carbocycles. The first-order valence-electron chi connectivity index (χ1n) is 10.1. The normalized spacial score (nSPS) is 15.0. The summed E-state index contributed by atoms with van der Waals surface area (Å²) in [6.07, 6.45) is 0.599. The van der Waals surface area contributed by atoms with Gasteiger partial charge in [-0.1, -0.05) is 30.3 Å². The van der Waals surface area contributed by atoms with Gasteiger partial charge in [0.1, 0.15) is 19.0 Å². The summed E-state index contributed by atoms with van der Waals surface area (Å²) in [7, 11) is 0. The van der Waals surface area contributed by atoms with Gasteiger partial charge in [0, 0.05) is 12.3 Å². The zero-order chi connectivity index (χ0) is 22.0. The van der Waals surface area contributed by atoms with Gasteiger partial charge < -0.3 is 9.47 Å². The van der Waals surface area contributed by atoms with Crippen molar-refractivity contribution >= 4 is 34.0 Å². The second kappa shape index (κ2) is 8.89. The van der Waals surface area contributed by atoms with Crippen molar-refractivity contribution in [3.05, 3.63) is 70.2 Å². The molecule has 0 spiro atoms. The van der Waals surface area contributed by atoms with Crippen LogP contribution in [0, 0.1) is 19.8 Å². The zero-order valence-electron chi connectivity index (χ0n) is 17.8. The van der Waals surface area contributed by atoms with Crippen LogP contribution in [0.2, 0.25) is 0 Å². The highest BCUT2D eigenvalue weighted by molar-refractivity contribution is 7.14. The van der Waals surface area contributed by atoms with Crippen LogP contribution < -0.4 is 9.64 Å². The van der Waals surface area contributed by atoms with E-state index in [9.17, 15) is 9.59 Å². The maximum Gasteiger partial charge on any atom is 0.313 e. The number of anilines is 2. The molecule has 31 heavy (non-hydrogen) atoms. The number of benzene rings is 2. The van der Waals surface area contributed by atoms with Gasteiger partial charge in [-0.05, 0) is 49.1 Å². The summed E-state index contributed by atoms with van der Waals surface area (Å²) in [6.45, 7) is 5.89. The predicted molar refractivity (Wildman–Crippen MR) is 120 cm³/mol. The minimum absolute atomic E-state index is 0.0615. The topological polar surface area (TPSA) is 68.7 Å². The molecule has 1 aliphatic heterocycles. The van der Waals surface area contributed by atoms with E-state index in [1.807, 2.05) is 61.7 Å². The van der Waals surface area contributed by atoms with Crippen molar-refractivity contribution in [2.45, 2.75) is 33.8 Å². The number of carbonyl (C=O) groups is 2. The molecule has 7 heteroatoms. The van der Waals surface area contributed by atoms with Crippen LogP contribution in [0.5, 0.6) is 5.75 Å². The molecule has 3 aromatic rings. The summed E-state index contributed by atoms with van der Waals surface area (Å²) in [5, 5.41) is 2.37. The van der Waals surface area contributed by atoms with Crippen LogP contribution in [-0.4, -0.2) is 23.5 Å². The van der Waals surface area contributed by atoms with E-state index in [0.717, 1.165) is 28.1 Å². The Morgan fingerprint density at radius 3 is 2.81 bits per heavy atom. The van der Waals surface area contributed by atoms with Gasteiger partial charge in [0.15, 0.2) is 5.13 Å². The number of nitrogens with zero attached hydrogens (tertiary/aromatic N) is 2. The lowest BCUT2D eigenvalue weighted by molar-refractivity contribution is -0.151. The summed E-state index contributed by atoms with van der Waals surface area (Å²) in [6, 6.07) is 13.6. The third-order valence-corrected chi connectivity index (χ3v) is 6.31. The van der Waals surface area contributed by atoms with Crippen LogP contribution in [-0.2, 0) is 27.4 Å². The van der Waals surface area contributed by atoms with E-state index in [4.69, 9.17) is 9.47 Å². The van der Waals surface area contributed by atoms with Crippen LogP contribution in [0.1, 0.15) is 29.3 Å². The van der Waals surface area contributed by atoms with Crippen LogP contribution in [0.4, 0.5) is 10.8 Å². The van der Waals surface area contributed by atoms with Crippen LogP contribution in [0.15, 0.2) is 47.8 Å². The monoisotopic (exact) mass is 436 g/mol. The third kappa shape index (κ3) is 4.46. The molecule has 4 rings (SSSR count). The number of thiazole rings is 1. The van der Waals surface area contributed by atoms with Gasteiger partial charge in [-0.15, -0.1) is 11.3 Å². The van der Waals surface area contributed by atoms with E-state index in [0.29, 0.717) is 23.9 Å². The Kier molecular flexibility index (Phi) is 6.04. The number of aromatic nitrogens is 1. The number of esters is 1. The molecule has 0 radical (unpaired) electrons. The lowest BCUT2D eigenvalue weighted by Gasteiger charge is -2.23.